The van der Waals surface area contributed by atoms with Gasteiger partial charge in [-0.15, -0.1) is 0 Å². The lowest BCUT2D eigenvalue weighted by Crippen LogP contribution is -2.09. The smallest absolute Gasteiger partial charge is 0.257 e. The van der Waals surface area contributed by atoms with E-state index in [1.54, 1.807) is 6.07 Å². The Kier molecular flexibility index (Phi) is 2.59. The van der Waals surface area contributed by atoms with Crippen molar-refractivity contribution in [1.29, 1.82) is 0 Å². The fraction of sp³-hybridized carbons (Fsp3) is 0.500. The summed E-state index contributed by atoms with van der Waals surface area (Å²) in [4.78, 5) is 4.59. The summed E-state index contributed by atoms with van der Waals surface area (Å²) in [7, 11) is 0. The van der Waals surface area contributed by atoms with E-state index in [4.69, 9.17) is 4.52 Å². The van der Waals surface area contributed by atoms with Gasteiger partial charge in [-0.2, -0.15) is 4.98 Å². The number of fused-ring (bicyclic) bond motifs is 2. The number of hydrogen-bond acceptors (Lipinski definition) is 4. The normalized spacial score (nSPS) is 28.1. The molecule has 2 aliphatic rings. The van der Waals surface area contributed by atoms with Gasteiger partial charge in [-0.05, 0) is 61.8 Å². The number of rotatable bonds is 2. The molecule has 0 spiro atoms. The number of aryl methyl sites for hydroxylation is 1. The van der Waals surface area contributed by atoms with Gasteiger partial charge in [0, 0.05) is 11.5 Å². The molecule has 1 aromatic heterocycles. The predicted molar refractivity (Wildman–Crippen MR) is 74.3 cm³/mol. The molecule has 0 amide bonds. The molecule has 0 aliphatic heterocycles. The van der Waals surface area contributed by atoms with Gasteiger partial charge in [0.2, 0.25) is 0 Å². The molecule has 2 bridgehead atoms. The molecule has 104 valence electrons. The van der Waals surface area contributed by atoms with Crippen molar-refractivity contribution in [2.45, 2.75) is 38.5 Å². The fourth-order valence-electron chi connectivity index (χ4n) is 3.85. The van der Waals surface area contributed by atoms with Gasteiger partial charge in [0.1, 0.15) is 5.75 Å². The zero-order valence-electron chi connectivity index (χ0n) is 11.5. The Hall–Kier alpha value is -1.84. The lowest BCUT2D eigenvalue weighted by Gasteiger charge is -2.17. The molecule has 0 radical (unpaired) electrons. The number of phenolic OH excluding ortho intramolecular Hbond substituents is 1. The van der Waals surface area contributed by atoms with E-state index >= 15 is 0 Å². The second-order valence-corrected chi connectivity index (χ2v) is 6.24. The van der Waals surface area contributed by atoms with Gasteiger partial charge in [-0.25, -0.2) is 0 Å². The Morgan fingerprint density at radius 3 is 2.85 bits per heavy atom. The SMILES string of the molecule is Cc1cc(-c2nc(C3CC4CCC3C4)no2)ccc1O. The summed E-state index contributed by atoms with van der Waals surface area (Å²) in [6.07, 6.45) is 5.26. The lowest BCUT2D eigenvalue weighted by molar-refractivity contribution is 0.372. The number of benzene rings is 1. The maximum atomic E-state index is 9.57. The first-order valence-electron chi connectivity index (χ1n) is 7.34. The van der Waals surface area contributed by atoms with Crippen molar-refractivity contribution in [2.24, 2.45) is 11.8 Å². The summed E-state index contributed by atoms with van der Waals surface area (Å²) in [5.74, 6) is 3.85. The van der Waals surface area contributed by atoms with Crippen molar-refractivity contribution < 1.29 is 9.63 Å². The molecular formula is C16H18N2O2. The van der Waals surface area contributed by atoms with Gasteiger partial charge in [-0.3, -0.25) is 0 Å². The summed E-state index contributed by atoms with van der Waals surface area (Å²) in [5, 5.41) is 13.8. The van der Waals surface area contributed by atoms with Gasteiger partial charge >= 0.3 is 0 Å². The third-order valence-corrected chi connectivity index (χ3v) is 4.96. The zero-order valence-corrected chi connectivity index (χ0v) is 11.5. The van der Waals surface area contributed by atoms with Crippen LogP contribution in [-0.4, -0.2) is 15.2 Å². The van der Waals surface area contributed by atoms with Gasteiger partial charge in [0.15, 0.2) is 5.82 Å². The van der Waals surface area contributed by atoms with Crippen LogP contribution in [0.5, 0.6) is 5.75 Å². The fourth-order valence-corrected chi connectivity index (χ4v) is 3.85. The quantitative estimate of drug-likeness (QED) is 0.904. The molecule has 0 saturated heterocycles. The van der Waals surface area contributed by atoms with Crippen molar-refractivity contribution in [3.05, 3.63) is 29.6 Å². The van der Waals surface area contributed by atoms with Crippen LogP contribution in [0, 0.1) is 18.8 Å². The largest absolute Gasteiger partial charge is 0.508 e. The minimum absolute atomic E-state index is 0.293. The van der Waals surface area contributed by atoms with E-state index in [0.29, 0.717) is 17.6 Å². The standard InChI is InChI=1S/C16H18N2O2/c1-9-6-12(4-5-14(9)19)16-17-15(18-20-16)13-8-10-2-3-11(13)7-10/h4-6,10-11,13,19H,2-3,7-8H2,1H3. The van der Waals surface area contributed by atoms with Gasteiger partial charge in [0.05, 0.1) is 0 Å². The Morgan fingerprint density at radius 2 is 2.15 bits per heavy atom. The van der Waals surface area contributed by atoms with Crippen molar-refractivity contribution in [3.63, 3.8) is 0 Å². The second-order valence-electron chi connectivity index (χ2n) is 6.24. The molecule has 2 aromatic rings. The molecule has 4 heteroatoms. The van der Waals surface area contributed by atoms with E-state index in [-0.39, 0.29) is 0 Å². The van der Waals surface area contributed by atoms with Crippen LogP contribution < -0.4 is 0 Å². The maximum absolute atomic E-state index is 9.57. The van der Waals surface area contributed by atoms with Crippen molar-refractivity contribution in [1.82, 2.24) is 10.1 Å². The molecule has 2 saturated carbocycles. The van der Waals surface area contributed by atoms with Crippen LogP contribution in [-0.2, 0) is 0 Å². The van der Waals surface area contributed by atoms with Crippen LogP contribution in [0.4, 0.5) is 0 Å². The molecule has 4 rings (SSSR count). The Bertz CT molecular complexity index is 650. The molecule has 4 nitrogen and oxygen atoms in total. The zero-order chi connectivity index (χ0) is 13.7. The number of aromatic hydroxyl groups is 1. The van der Waals surface area contributed by atoms with E-state index in [9.17, 15) is 5.11 Å². The molecule has 2 aliphatic carbocycles. The van der Waals surface area contributed by atoms with Crippen LogP contribution in [0.3, 0.4) is 0 Å². The first-order valence-corrected chi connectivity index (χ1v) is 7.34. The summed E-state index contributed by atoms with van der Waals surface area (Å²) in [5.41, 5.74) is 1.70. The van der Waals surface area contributed by atoms with E-state index < -0.39 is 0 Å². The van der Waals surface area contributed by atoms with Crippen LogP contribution in [0.1, 0.15) is 43.0 Å². The highest BCUT2D eigenvalue weighted by Crippen LogP contribution is 2.52. The maximum Gasteiger partial charge on any atom is 0.257 e. The van der Waals surface area contributed by atoms with E-state index in [1.807, 2.05) is 19.1 Å². The van der Waals surface area contributed by atoms with Crippen LogP contribution in [0.15, 0.2) is 22.7 Å². The van der Waals surface area contributed by atoms with Crippen molar-refractivity contribution in [3.8, 4) is 17.2 Å². The number of hydrogen-bond donors (Lipinski definition) is 1. The van der Waals surface area contributed by atoms with Crippen LogP contribution >= 0.6 is 0 Å². The average molecular weight is 270 g/mol. The van der Waals surface area contributed by atoms with Crippen molar-refractivity contribution >= 4 is 0 Å². The first kappa shape index (κ1) is 11.9. The number of nitrogens with zero attached hydrogens (tertiary/aromatic N) is 2. The number of phenols is 1. The molecule has 3 atom stereocenters. The predicted octanol–water partition coefficient (Wildman–Crippen LogP) is 3.65. The molecular weight excluding hydrogens is 252 g/mol. The Morgan fingerprint density at radius 1 is 1.25 bits per heavy atom. The summed E-state index contributed by atoms with van der Waals surface area (Å²) in [6, 6.07) is 5.37. The van der Waals surface area contributed by atoms with Crippen LogP contribution in [0.2, 0.25) is 0 Å². The van der Waals surface area contributed by atoms with E-state index in [1.165, 1.54) is 25.7 Å². The third kappa shape index (κ3) is 1.82. The van der Waals surface area contributed by atoms with E-state index in [2.05, 4.69) is 10.1 Å². The third-order valence-electron chi connectivity index (χ3n) is 4.96. The minimum Gasteiger partial charge on any atom is -0.508 e. The topological polar surface area (TPSA) is 59.2 Å². The summed E-state index contributed by atoms with van der Waals surface area (Å²) in [6.45, 7) is 1.87. The molecule has 1 aromatic carbocycles. The Balaban J connectivity index is 1.63. The highest BCUT2D eigenvalue weighted by atomic mass is 16.5. The monoisotopic (exact) mass is 270 g/mol. The highest BCUT2D eigenvalue weighted by Gasteiger charge is 2.42. The van der Waals surface area contributed by atoms with Crippen LogP contribution in [0.25, 0.3) is 11.5 Å². The first-order chi connectivity index (χ1) is 9.70. The second kappa shape index (κ2) is 4.33. The van der Waals surface area contributed by atoms with Gasteiger partial charge < -0.3 is 9.63 Å². The average Bonchev–Trinajstić information content (AvgIpc) is 3.16. The van der Waals surface area contributed by atoms with Gasteiger partial charge in [-0.1, -0.05) is 11.6 Å². The highest BCUT2D eigenvalue weighted by molar-refractivity contribution is 5.56. The van der Waals surface area contributed by atoms with Crippen molar-refractivity contribution in [2.75, 3.05) is 0 Å². The van der Waals surface area contributed by atoms with Gasteiger partial charge in [0.25, 0.3) is 5.89 Å². The number of aromatic nitrogens is 2. The minimum atomic E-state index is 0.293. The lowest BCUT2D eigenvalue weighted by atomic mass is 9.88. The molecule has 1 N–H and O–H groups in total. The molecule has 20 heavy (non-hydrogen) atoms. The molecule has 3 unspecified atom stereocenters. The summed E-state index contributed by atoms with van der Waals surface area (Å²) < 4.78 is 5.42. The molecule has 2 fully saturated rings. The Labute approximate surface area is 117 Å². The van der Waals surface area contributed by atoms with E-state index in [0.717, 1.165) is 28.8 Å². The molecule has 1 heterocycles. The summed E-state index contributed by atoms with van der Waals surface area (Å²) >= 11 is 0.